The van der Waals surface area contributed by atoms with Gasteiger partial charge in [0.15, 0.2) is 0 Å². The van der Waals surface area contributed by atoms with Gasteiger partial charge in [0.2, 0.25) is 10.0 Å². The standard InChI is InChI=1S/C13H20N2O3S.ClH/c1-10-13(4-3-9-14-10)15-19(16,17)12-7-5-11(18-2)6-8-12;/h5-8,10,13-15H,3-4,9H2,1-2H3;1H. The Morgan fingerprint density at radius 1 is 1.30 bits per heavy atom. The highest BCUT2D eigenvalue weighted by Crippen LogP contribution is 2.17. The molecule has 7 heteroatoms. The molecule has 2 atom stereocenters. The molecule has 1 saturated heterocycles. The van der Waals surface area contributed by atoms with Crippen molar-refractivity contribution < 1.29 is 13.2 Å². The molecule has 1 aliphatic heterocycles. The molecule has 0 aliphatic carbocycles. The molecule has 5 nitrogen and oxygen atoms in total. The largest absolute Gasteiger partial charge is 0.497 e. The Labute approximate surface area is 126 Å². The van der Waals surface area contributed by atoms with Crippen molar-refractivity contribution in [3.8, 4) is 5.75 Å². The Balaban J connectivity index is 0.00000200. The average molecular weight is 321 g/mol. The SMILES string of the molecule is COc1ccc(S(=O)(=O)NC2CCCNC2C)cc1.Cl. The molecule has 0 amide bonds. The summed E-state index contributed by atoms with van der Waals surface area (Å²) < 4.78 is 32.3. The Hall–Kier alpha value is -0.820. The number of sulfonamides is 1. The number of methoxy groups -OCH3 is 1. The second-order valence-corrected chi connectivity index (χ2v) is 6.50. The lowest BCUT2D eigenvalue weighted by atomic mass is 10.0. The summed E-state index contributed by atoms with van der Waals surface area (Å²) in [4.78, 5) is 0.270. The van der Waals surface area contributed by atoms with Crippen molar-refractivity contribution in [3.63, 3.8) is 0 Å². The van der Waals surface area contributed by atoms with E-state index in [1.54, 1.807) is 31.4 Å². The number of benzene rings is 1. The molecule has 2 N–H and O–H groups in total. The fourth-order valence-corrected chi connectivity index (χ4v) is 3.58. The molecule has 0 saturated carbocycles. The number of hydrogen-bond donors (Lipinski definition) is 2. The van der Waals surface area contributed by atoms with E-state index < -0.39 is 10.0 Å². The summed E-state index contributed by atoms with van der Waals surface area (Å²) in [6.07, 6.45) is 1.85. The summed E-state index contributed by atoms with van der Waals surface area (Å²) >= 11 is 0. The smallest absolute Gasteiger partial charge is 0.240 e. The predicted octanol–water partition coefficient (Wildman–Crippen LogP) is 1.54. The van der Waals surface area contributed by atoms with Crippen LogP contribution in [0.15, 0.2) is 29.2 Å². The number of rotatable bonds is 4. The van der Waals surface area contributed by atoms with Crippen molar-refractivity contribution >= 4 is 22.4 Å². The molecule has 1 fully saturated rings. The van der Waals surface area contributed by atoms with Gasteiger partial charge in [-0.3, -0.25) is 0 Å². The maximum atomic E-state index is 12.3. The molecule has 0 aromatic heterocycles. The van der Waals surface area contributed by atoms with Crippen LogP contribution in [0.4, 0.5) is 0 Å². The Morgan fingerprint density at radius 2 is 1.95 bits per heavy atom. The van der Waals surface area contributed by atoms with Crippen LogP contribution in [0.3, 0.4) is 0 Å². The Morgan fingerprint density at radius 3 is 2.50 bits per heavy atom. The monoisotopic (exact) mass is 320 g/mol. The number of hydrogen-bond acceptors (Lipinski definition) is 4. The molecule has 0 radical (unpaired) electrons. The summed E-state index contributed by atoms with van der Waals surface area (Å²) in [5, 5.41) is 3.28. The van der Waals surface area contributed by atoms with Gasteiger partial charge in [0.1, 0.15) is 5.75 Å². The topological polar surface area (TPSA) is 67.4 Å². The van der Waals surface area contributed by atoms with Gasteiger partial charge in [-0.15, -0.1) is 12.4 Å². The van der Waals surface area contributed by atoms with E-state index in [0.29, 0.717) is 5.75 Å². The van der Waals surface area contributed by atoms with E-state index in [1.165, 1.54) is 0 Å². The lowest BCUT2D eigenvalue weighted by Gasteiger charge is -2.30. The average Bonchev–Trinajstić information content (AvgIpc) is 2.41. The van der Waals surface area contributed by atoms with Crippen molar-refractivity contribution in [3.05, 3.63) is 24.3 Å². The minimum absolute atomic E-state index is 0. The van der Waals surface area contributed by atoms with Crippen LogP contribution in [-0.4, -0.2) is 34.2 Å². The van der Waals surface area contributed by atoms with Gasteiger partial charge in [0, 0.05) is 12.1 Å². The van der Waals surface area contributed by atoms with E-state index in [2.05, 4.69) is 10.0 Å². The van der Waals surface area contributed by atoms with E-state index in [4.69, 9.17) is 4.74 Å². The van der Waals surface area contributed by atoms with Crippen molar-refractivity contribution in [1.82, 2.24) is 10.0 Å². The van der Waals surface area contributed by atoms with Gasteiger partial charge in [-0.1, -0.05) is 0 Å². The molecule has 20 heavy (non-hydrogen) atoms. The van der Waals surface area contributed by atoms with Crippen LogP contribution in [0.5, 0.6) is 5.75 Å². The van der Waals surface area contributed by atoms with Gasteiger partial charge in [-0.25, -0.2) is 13.1 Å². The number of nitrogens with one attached hydrogen (secondary N) is 2. The minimum Gasteiger partial charge on any atom is -0.497 e. The van der Waals surface area contributed by atoms with Crippen LogP contribution in [0.25, 0.3) is 0 Å². The van der Waals surface area contributed by atoms with Crippen molar-refractivity contribution in [2.24, 2.45) is 0 Å². The molecule has 2 unspecified atom stereocenters. The first-order valence-corrected chi connectivity index (χ1v) is 7.91. The maximum Gasteiger partial charge on any atom is 0.240 e. The first-order valence-electron chi connectivity index (χ1n) is 6.43. The van der Waals surface area contributed by atoms with Gasteiger partial charge < -0.3 is 10.1 Å². The Bertz CT molecular complexity index is 519. The third kappa shape index (κ3) is 4.09. The summed E-state index contributed by atoms with van der Waals surface area (Å²) in [5.41, 5.74) is 0. The van der Waals surface area contributed by atoms with Crippen LogP contribution >= 0.6 is 12.4 Å². The van der Waals surface area contributed by atoms with Crippen LogP contribution in [0, 0.1) is 0 Å². The van der Waals surface area contributed by atoms with Crippen LogP contribution in [0.2, 0.25) is 0 Å². The summed E-state index contributed by atoms with van der Waals surface area (Å²) in [5.74, 6) is 0.645. The quantitative estimate of drug-likeness (QED) is 0.883. The highest BCUT2D eigenvalue weighted by atomic mass is 35.5. The number of halogens is 1. The van der Waals surface area contributed by atoms with Crippen molar-refractivity contribution in [1.29, 1.82) is 0 Å². The second-order valence-electron chi connectivity index (χ2n) is 4.79. The molecular weight excluding hydrogens is 300 g/mol. The van der Waals surface area contributed by atoms with Gasteiger partial charge in [0.25, 0.3) is 0 Å². The predicted molar refractivity (Wildman–Crippen MR) is 81.1 cm³/mol. The van der Waals surface area contributed by atoms with Crippen molar-refractivity contribution in [2.75, 3.05) is 13.7 Å². The van der Waals surface area contributed by atoms with E-state index in [0.717, 1.165) is 19.4 Å². The first-order chi connectivity index (χ1) is 9.03. The van der Waals surface area contributed by atoms with E-state index in [9.17, 15) is 8.42 Å². The normalized spacial score (nSPS) is 22.9. The zero-order valence-corrected chi connectivity index (χ0v) is 13.3. The number of ether oxygens (including phenoxy) is 1. The summed E-state index contributed by atoms with van der Waals surface area (Å²) in [6, 6.07) is 6.51. The fourth-order valence-electron chi connectivity index (χ4n) is 2.23. The van der Waals surface area contributed by atoms with Crippen LogP contribution in [-0.2, 0) is 10.0 Å². The second kappa shape index (κ2) is 7.26. The van der Waals surface area contributed by atoms with Gasteiger partial charge in [0.05, 0.1) is 12.0 Å². The van der Waals surface area contributed by atoms with Gasteiger partial charge >= 0.3 is 0 Å². The molecule has 1 heterocycles. The molecule has 2 rings (SSSR count). The fraction of sp³-hybridized carbons (Fsp3) is 0.538. The molecule has 0 spiro atoms. The third-order valence-electron chi connectivity index (χ3n) is 3.44. The lowest BCUT2D eigenvalue weighted by molar-refractivity contribution is 0.349. The maximum absolute atomic E-state index is 12.3. The summed E-state index contributed by atoms with van der Waals surface area (Å²) in [6.45, 7) is 2.95. The zero-order chi connectivity index (χ0) is 13.9. The Kier molecular flexibility index (Phi) is 6.26. The van der Waals surface area contributed by atoms with E-state index in [-0.39, 0.29) is 29.4 Å². The van der Waals surface area contributed by atoms with Crippen LogP contribution in [0.1, 0.15) is 19.8 Å². The molecule has 0 bridgehead atoms. The van der Waals surface area contributed by atoms with Gasteiger partial charge in [-0.2, -0.15) is 0 Å². The highest BCUT2D eigenvalue weighted by molar-refractivity contribution is 7.89. The summed E-state index contributed by atoms with van der Waals surface area (Å²) in [7, 11) is -1.91. The minimum atomic E-state index is -3.46. The van der Waals surface area contributed by atoms with Crippen LogP contribution < -0.4 is 14.8 Å². The number of piperidine rings is 1. The van der Waals surface area contributed by atoms with Crippen molar-refractivity contribution in [2.45, 2.75) is 36.7 Å². The molecule has 114 valence electrons. The molecule has 1 aliphatic rings. The third-order valence-corrected chi connectivity index (χ3v) is 4.94. The molecular formula is C13H21ClN2O3S. The lowest BCUT2D eigenvalue weighted by Crippen LogP contribution is -2.51. The molecule has 1 aromatic rings. The van der Waals surface area contributed by atoms with E-state index >= 15 is 0 Å². The first kappa shape index (κ1) is 17.2. The van der Waals surface area contributed by atoms with E-state index in [1.807, 2.05) is 6.92 Å². The molecule has 1 aromatic carbocycles. The van der Waals surface area contributed by atoms with Gasteiger partial charge in [-0.05, 0) is 50.6 Å². The zero-order valence-electron chi connectivity index (χ0n) is 11.6. The highest BCUT2D eigenvalue weighted by Gasteiger charge is 2.26.